The third-order valence-electron chi connectivity index (χ3n) is 1.98. The molecule has 0 aliphatic carbocycles. The summed E-state index contributed by atoms with van der Waals surface area (Å²) in [6, 6.07) is 5.61. The topological polar surface area (TPSA) is 72.2 Å². The lowest BCUT2D eigenvalue weighted by Gasteiger charge is -2.11. The highest BCUT2D eigenvalue weighted by Gasteiger charge is 2.08. The van der Waals surface area contributed by atoms with Gasteiger partial charge in [0.15, 0.2) is 0 Å². The normalized spacial score (nSPS) is 11.4. The number of nitrogens with one attached hydrogen (secondary N) is 1. The highest BCUT2D eigenvalue weighted by Crippen LogP contribution is 2.21. The first-order valence-electron chi connectivity index (χ1n) is 4.33. The Kier molecular flexibility index (Phi) is 3.13. The number of benzene rings is 1. The van der Waals surface area contributed by atoms with Crippen molar-refractivity contribution >= 4 is 15.9 Å². The van der Waals surface area contributed by atoms with Gasteiger partial charge in [-0.15, -0.1) is 0 Å². The van der Waals surface area contributed by atoms with Crippen LogP contribution >= 0.6 is 0 Å². The fourth-order valence-corrected chi connectivity index (χ4v) is 1.89. The molecule has 5 heteroatoms. The van der Waals surface area contributed by atoms with Gasteiger partial charge >= 0.3 is 0 Å². The molecule has 1 aromatic carbocycles. The van der Waals surface area contributed by atoms with Gasteiger partial charge in [-0.2, -0.15) is 8.42 Å². The van der Waals surface area contributed by atoms with Gasteiger partial charge in [-0.3, -0.25) is 4.72 Å². The van der Waals surface area contributed by atoms with Crippen LogP contribution in [0.25, 0.3) is 0 Å². The summed E-state index contributed by atoms with van der Waals surface area (Å²) in [7, 11) is -3.68. The van der Waals surface area contributed by atoms with E-state index in [-0.39, 0.29) is 0 Å². The molecule has 0 amide bonds. The van der Waals surface area contributed by atoms with Crippen molar-refractivity contribution in [2.45, 2.75) is 20.3 Å². The van der Waals surface area contributed by atoms with Crippen molar-refractivity contribution in [2.75, 3.05) is 4.72 Å². The second-order valence-electron chi connectivity index (χ2n) is 3.11. The summed E-state index contributed by atoms with van der Waals surface area (Å²) in [5.41, 5.74) is 2.41. The Balaban J connectivity index is 3.18. The van der Waals surface area contributed by atoms with Crippen LogP contribution in [0.5, 0.6) is 0 Å². The monoisotopic (exact) mass is 214 g/mol. The van der Waals surface area contributed by atoms with Crippen LogP contribution < -0.4 is 9.86 Å². The third kappa shape index (κ3) is 2.71. The Labute approximate surface area is 84.3 Å². The minimum Gasteiger partial charge on any atom is -0.271 e. The molecule has 0 saturated carbocycles. The van der Waals surface area contributed by atoms with Crippen molar-refractivity contribution in [2.24, 2.45) is 5.14 Å². The molecule has 0 fully saturated rings. The number of para-hydroxylation sites is 1. The van der Waals surface area contributed by atoms with Crippen LogP contribution in [-0.4, -0.2) is 8.42 Å². The molecule has 1 aromatic rings. The Morgan fingerprint density at radius 2 is 2.07 bits per heavy atom. The molecule has 0 aliphatic rings. The van der Waals surface area contributed by atoms with Crippen LogP contribution in [0.1, 0.15) is 18.1 Å². The summed E-state index contributed by atoms with van der Waals surface area (Å²) in [5.74, 6) is 0. The zero-order valence-electron chi connectivity index (χ0n) is 8.24. The van der Waals surface area contributed by atoms with Crippen LogP contribution in [0.15, 0.2) is 18.2 Å². The second-order valence-corrected chi connectivity index (χ2v) is 4.40. The molecule has 0 bridgehead atoms. The first-order valence-corrected chi connectivity index (χ1v) is 5.87. The van der Waals surface area contributed by atoms with E-state index < -0.39 is 10.2 Å². The summed E-state index contributed by atoms with van der Waals surface area (Å²) >= 11 is 0. The summed E-state index contributed by atoms with van der Waals surface area (Å²) in [5, 5.41) is 4.92. The van der Waals surface area contributed by atoms with Crippen LogP contribution in [0.2, 0.25) is 0 Å². The highest BCUT2D eigenvalue weighted by atomic mass is 32.2. The Morgan fingerprint density at radius 3 is 2.57 bits per heavy atom. The Hall–Kier alpha value is -1.07. The number of nitrogens with two attached hydrogens (primary N) is 1. The van der Waals surface area contributed by atoms with E-state index in [0.29, 0.717) is 5.69 Å². The largest absolute Gasteiger partial charge is 0.296 e. The Morgan fingerprint density at radius 1 is 1.43 bits per heavy atom. The molecule has 0 spiro atoms. The average Bonchev–Trinajstić information content (AvgIpc) is 2.06. The molecule has 78 valence electrons. The first-order chi connectivity index (χ1) is 6.44. The maximum Gasteiger partial charge on any atom is 0.296 e. The summed E-state index contributed by atoms with van der Waals surface area (Å²) in [4.78, 5) is 0. The van der Waals surface area contributed by atoms with E-state index in [1.54, 1.807) is 0 Å². The molecule has 0 radical (unpaired) electrons. The van der Waals surface area contributed by atoms with Crippen molar-refractivity contribution < 1.29 is 8.42 Å². The molecular weight excluding hydrogens is 200 g/mol. The molecule has 0 heterocycles. The number of rotatable bonds is 3. The lowest BCUT2D eigenvalue weighted by molar-refractivity contribution is 0.603. The molecule has 0 aliphatic heterocycles. The zero-order valence-corrected chi connectivity index (χ0v) is 9.06. The van der Waals surface area contributed by atoms with Gasteiger partial charge in [0.05, 0.1) is 5.69 Å². The van der Waals surface area contributed by atoms with Crippen LogP contribution in [-0.2, 0) is 16.6 Å². The summed E-state index contributed by atoms with van der Waals surface area (Å²) < 4.78 is 24.1. The lowest BCUT2D eigenvalue weighted by Crippen LogP contribution is -2.23. The predicted molar refractivity (Wildman–Crippen MR) is 57.3 cm³/mol. The molecular formula is C9H14N2O2S. The van der Waals surface area contributed by atoms with Crippen molar-refractivity contribution in [3.05, 3.63) is 29.3 Å². The van der Waals surface area contributed by atoms with Crippen molar-refractivity contribution in [1.82, 2.24) is 0 Å². The van der Waals surface area contributed by atoms with E-state index in [0.717, 1.165) is 17.5 Å². The van der Waals surface area contributed by atoms with Gasteiger partial charge in [0.25, 0.3) is 10.2 Å². The second kappa shape index (κ2) is 3.98. The number of aryl methyl sites for hydroxylation is 2. The summed E-state index contributed by atoms with van der Waals surface area (Å²) in [6.07, 6.45) is 0.763. The molecule has 14 heavy (non-hydrogen) atoms. The number of hydrogen-bond acceptors (Lipinski definition) is 2. The standard InChI is InChI=1S/C9H14N2O2S/c1-3-8-6-4-5-7(2)9(8)11-14(10,12)13/h4-6,11H,3H2,1-2H3,(H2,10,12,13). The first kappa shape index (κ1) is 11.0. The third-order valence-corrected chi connectivity index (χ3v) is 2.47. The average molecular weight is 214 g/mol. The quantitative estimate of drug-likeness (QED) is 0.792. The predicted octanol–water partition coefficient (Wildman–Crippen LogP) is 1.17. The van der Waals surface area contributed by atoms with E-state index in [9.17, 15) is 8.42 Å². The smallest absolute Gasteiger partial charge is 0.271 e. The maximum atomic E-state index is 10.9. The molecule has 1 rings (SSSR count). The van der Waals surface area contributed by atoms with Crippen LogP contribution in [0.4, 0.5) is 5.69 Å². The fourth-order valence-electron chi connectivity index (χ4n) is 1.31. The van der Waals surface area contributed by atoms with Gasteiger partial charge in [-0.25, -0.2) is 5.14 Å². The van der Waals surface area contributed by atoms with Gasteiger partial charge in [0.2, 0.25) is 0 Å². The van der Waals surface area contributed by atoms with Gasteiger partial charge in [-0.1, -0.05) is 25.1 Å². The molecule has 0 unspecified atom stereocenters. The fraction of sp³-hybridized carbons (Fsp3) is 0.333. The van der Waals surface area contributed by atoms with E-state index in [1.165, 1.54) is 0 Å². The highest BCUT2D eigenvalue weighted by molar-refractivity contribution is 7.90. The van der Waals surface area contributed by atoms with Crippen molar-refractivity contribution in [1.29, 1.82) is 0 Å². The molecule has 0 aromatic heterocycles. The van der Waals surface area contributed by atoms with E-state index in [4.69, 9.17) is 5.14 Å². The van der Waals surface area contributed by atoms with Gasteiger partial charge in [0.1, 0.15) is 0 Å². The maximum absolute atomic E-state index is 10.9. The minimum absolute atomic E-state index is 0.595. The van der Waals surface area contributed by atoms with E-state index >= 15 is 0 Å². The summed E-state index contributed by atoms with van der Waals surface area (Å²) in [6.45, 7) is 3.80. The van der Waals surface area contributed by atoms with Crippen molar-refractivity contribution in [3.63, 3.8) is 0 Å². The molecule has 3 N–H and O–H groups in total. The SMILES string of the molecule is CCc1cccc(C)c1NS(N)(=O)=O. The van der Waals surface area contributed by atoms with Crippen molar-refractivity contribution in [3.8, 4) is 0 Å². The Bertz CT molecular complexity index is 426. The molecule has 0 atom stereocenters. The molecule has 0 saturated heterocycles. The van der Waals surface area contributed by atoms with E-state index in [2.05, 4.69) is 4.72 Å². The number of anilines is 1. The zero-order chi connectivity index (χ0) is 10.8. The van der Waals surface area contributed by atoms with Gasteiger partial charge in [0, 0.05) is 0 Å². The van der Waals surface area contributed by atoms with Gasteiger partial charge in [-0.05, 0) is 24.5 Å². The molecule has 4 nitrogen and oxygen atoms in total. The lowest BCUT2D eigenvalue weighted by atomic mass is 10.1. The van der Waals surface area contributed by atoms with Gasteiger partial charge < -0.3 is 0 Å². The van der Waals surface area contributed by atoms with Crippen LogP contribution in [0.3, 0.4) is 0 Å². The number of hydrogen-bond donors (Lipinski definition) is 2. The van der Waals surface area contributed by atoms with E-state index in [1.807, 2.05) is 32.0 Å². The van der Waals surface area contributed by atoms with Crippen LogP contribution in [0, 0.1) is 6.92 Å². The minimum atomic E-state index is -3.68.